The van der Waals surface area contributed by atoms with E-state index in [0.717, 1.165) is 22.3 Å². The van der Waals surface area contributed by atoms with E-state index in [9.17, 15) is 8.42 Å². The summed E-state index contributed by atoms with van der Waals surface area (Å²) in [5.41, 5.74) is 3.84. The largest absolute Gasteiger partial charge is 0.316 e. The van der Waals surface area contributed by atoms with Crippen molar-refractivity contribution in [2.75, 3.05) is 7.05 Å². The molecule has 0 atom stereocenters. The molecule has 1 aromatic heterocycles. The van der Waals surface area contributed by atoms with E-state index in [1.807, 2.05) is 43.8 Å². The number of aryl methyl sites for hydroxylation is 2. The molecule has 0 aliphatic heterocycles. The highest BCUT2D eigenvalue weighted by Crippen LogP contribution is 2.21. The van der Waals surface area contributed by atoms with Crippen LogP contribution in [0.5, 0.6) is 0 Å². The number of hydrogen-bond acceptors (Lipinski definition) is 4. The smallest absolute Gasteiger partial charge is 0.241 e. The molecule has 0 fully saturated rings. The average Bonchev–Trinajstić information content (AvgIpc) is 2.93. The van der Waals surface area contributed by atoms with Crippen molar-refractivity contribution < 1.29 is 8.42 Å². The maximum absolute atomic E-state index is 12.5. The van der Waals surface area contributed by atoms with Crippen LogP contribution in [0.25, 0.3) is 0 Å². The highest BCUT2D eigenvalue weighted by Gasteiger charge is 2.18. The van der Waals surface area contributed by atoms with Crippen molar-refractivity contribution in [2.45, 2.75) is 31.8 Å². The Morgan fingerprint density at radius 2 is 1.90 bits per heavy atom. The van der Waals surface area contributed by atoms with Crippen LogP contribution in [0.2, 0.25) is 0 Å². The summed E-state index contributed by atoms with van der Waals surface area (Å²) in [6.45, 7) is 4.80. The Kier molecular flexibility index (Phi) is 5.16. The number of sulfonamides is 1. The minimum Gasteiger partial charge on any atom is -0.316 e. The van der Waals surface area contributed by atoms with Gasteiger partial charge in [-0.25, -0.2) is 13.1 Å². The van der Waals surface area contributed by atoms with Gasteiger partial charge in [0.25, 0.3) is 0 Å². The predicted octanol–water partition coefficient (Wildman–Crippen LogP) is 2.56. The molecule has 0 aliphatic rings. The Hall–Kier alpha value is -1.21. The second-order valence-electron chi connectivity index (χ2n) is 5.03. The minimum absolute atomic E-state index is 0.320. The molecular formula is C15H20N2O2S2. The van der Waals surface area contributed by atoms with Crippen molar-refractivity contribution in [2.24, 2.45) is 0 Å². The van der Waals surface area contributed by atoms with E-state index in [0.29, 0.717) is 18.0 Å². The van der Waals surface area contributed by atoms with Gasteiger partial charge in [-0.2, -0.15) is 11.3 Å². The lowest BCUT2D eigenvalue weighted by atomic mass is 10.1. The van der Waals surface area contributed by atoms with Crippen LogP contribution in [0.1, 0.15) is 22.3 Å². The van der Waals surface area contributed by atoms with E-state index in [-0.39, 0.29) is 0 Å². The van der Waals surface area contributed by atoms with Crippen molar-refractivity contribution in [1.29, 1.82) is 0 Å². The van der Waals surface area contributed by atoms with Gasteiger partial charge in [-0.1, -0.05) is 6.07 Å². The fraction of sp³-hybridized carbons (Fsp3) is 0.333. The van der Waals surface area contributed by atoms with Gasteiger partial charge in [0, 0.05) is 13.1 Å². The second-order valence-corrected chi connectivity index (χ2v) is 7.55. The number of benzene rings is 1. The second kappa shape index (κ2) is 6.70. The molecule has 4 nitrogen and oxygen atoms in total. The molecule has 6 heteroatoms. The first-order valence-electron chi connectivity index (χ1n) is 6.69. The lowest BCUT2D eigenvalue weighted by Gasteiger charge is -2.13. The predicted molar refractivity (Wildman–Crippen MR) is 87.0 cm³/mol. The zero-order valence-corrected chi connectivity index (χ0v) is 14.1. The summed E-state index contributed by atoms with van der Waals surface area (Å²) in [5.74, 6) is 0. The van der Waals surface area contributed by atoms with Gasteiger partial charge in [0.1, 0.15) is 0 Å². The number of thiophene rings is 1. The molecule has 0 saturated carbocycles. The Morgan fingerprint density at radius 3 is 2.52 bits per heavy atom. The topological polar surface area (TPSA) is 58.2 Å². The molecule has 0 saturated heterocycles. The van der Waals surface area contributed by atoms with Gasteiger partial charge in [-0.05, 0) is 66.0 Å². The molecule has 0 radical (unpaired) electrons. The number of rotatable bonds is 6. The summed E-state index contributed by atoms with van der Waals surface area (Å²) in [7, 11) is -1.65. The van der Waals surface area contributed by atoms with Crippen LogP contribution in [-0.2, 0) is 23.1 Å². The zero-order valence-electron chi connectivity index (χ0n) is 12.4. The Bertz CT molecular complexity index is 708. The van der Waals surface area contributed by atoms with Crippen molar-refractivity contribution >= 4 is 21.4 Å². The van der Waals surface area contributed by atoms with Crippen LogP contribution < -0.4 is 10.0 Å². The molecule has 1 aromatic carbocycles. The molecule has 0 spiro atoms. The summed E-state index contributed by atoms with van der Waals surface area (Å²) in [5, 5.41) is 6.94. The monoisotopic (exact) mass is 324 g/mol. The molecule has 0 aliphatic carbocycles. The summed E-state index contributed by atoms with van der Waals surface area (Å²) in [6, 6.07) is 5.60. The van der Waals surface area contributed by atoms with E-state index in [1.54, 1.807) is 17.4 Å². The highest BCUT2D eigenvalue weighted by atomic mass is 32.2. The molecule has 2 rings (SSSR count). The van der Waals surface area contributed by atoms with Gasteiger partial charge in [0.05, 0.1) is 4.90 Å². The molecule has 1 heterocycles. The van der Waals surface area contributed by atoms with Gasteiger partial charge in [0.2, 0.25) is 10.0 Å². The quantitative estimate of drug-likeness (QED) is 0.858. The van der Waals surface area contributed by atoms with Crippen molar-refractivity contribution in [3.8, 4) is 0 Å². The summed E-state index contributed by atoms with van der Waals surface area (Å²) in [6.07, 6.45) is 0. The molecular weight excluding hydrogens is 304 g/mol. The molecule has 114 valence electrons. The lowest BCUT2D eigenvalue weighted by molar-refractivity contribution is 0.580. The molecule has 21 heavy (non-hydrogen) atoms. The number of nitrogens with one attached hydrogen (secondary N) is 2. The first-order valence-corrected chi connectivity index (χ1v) is 9.12. The first-order chi connectivity index (χ1) is 9.94. The molecule has 0 unspecified atom stereocenters. The lowest BCUT2D eigenvalue weighted by Crippen LogP contribution is -2.24. The van der Waals surface area contributed by atoms with E-state index < -0.39 is 10.0 Å². The van der Waals surface area contributed by atoms with Crippen LogP contribution in [0.3, 0.4) is 0 Å². The van der Waals surface area contributed by atoms with Gasteiger partial charge < -0.3 is 5.32 Å². The normalized spacial score (nSPS) is 11.8. The van der Waals surface area contributed by atoms with Crippen molar-refractivity contribution in [1.82, 2.24) is 10.0 Å². The maximum atomic E-state index is 12.5. The first kappa shape index (κ1) is 16.2. The SMILES string of the molecule is CNCc1cc(S(=O)(=O)NCc2ccsc2)c(C)cc1C. The summed E-state index contributed by atoms with van der Waals surface area (Å²) in [4.78, 5) is 0.355. The molecule has 2 aromatic rings. The maximum Gasteiger partial charge on any atom is 0.241 e. The summed E-state index contributed by atoms with van der Waals surface area (Å²) >= 11 is 1.56. The molecule has 0 bridgehead atoms. The van der Waals surface area contributed by atoms with Crippen LogP contribution >= 0.6 is 11.3 Å². The minimum atomic E-state index is -3.50. The fourth-order valence-corrected chi connectivity index (χ4v) is 4.16. The Morgan fingerprint density at radius 1 is 1.14 bits per heavy atom. The average molecular weight is 324 g/mol. The van der Waals surface area contributed by atoms with Crippen LogP contribution in [0, 0.1) is 13.8 Å². The van der Waals surface area contributed by atoms with E-state index in [4.69, 9.17) is 0 Å². The van der Waals surface area contributed by atoms with Crippen LogP contribution in [0.15, 0.2) is 33.9 Å². The van der Waals surface area contributed by atoms with E-state index >= 15 is 0 Å². The van der Waals surface area contributed by atoms with Crippen molar-refractivity contribution in [3.05, 3.63) is 51.2 Å². The van der Waals surface area contributed by atoms with Crippen LogP contribution in [0.4, 0.5) is 0 Å². The van der Waals surface area contributed by atoms with Gasteiger partial charge in [-0.15, -0.1) is 0 Å². The highest BCUT2D eigenvalue weighted by molar-refractivity contribution is 7.89. The third-order valence-electron chi connectivity index (χ3n) is 3.34. The molecule has 0 amide bonds. The Labute approximate surface area is 130 Å². The third-order valence-corrected chi connectivity index (χ3v) is 5.61. The standard InChI is InChI=1S/C15H20N2O2S2/c1-11-6-12(2)15(7-14(11)9-16-3)21(18,19)17-8-13-4-5-20-10-13/h4-7,10,16-17H,8-9H2,1-3H3. The van der Waals surface area contributed by atoms with Gasteiger partial charge in [-0.3, -0.25) is 0 Å². The van der Waals surface area contributed by atoms with Gasteiger partial charge in [0.15, 0.2) is 0 Å². The number of hydrogen-bond donors (Lipinski definition) is 2. The molecule has 2 N–H and O–H groups in total. The van der Waals surface area contributed by atoms with E-state index in [2.05, 4.69) is 10.0 Å². The summed E-state index contributed by atoms with van der Waals surface area (Å²) < 4.78 is 27.6. The zero-order chi connectivity index (χ0) is 15.5. The van der Waals surface area contributed by atoms with Crippen molar-refractivity contribution in [3.63, 3.8) is 0 Å². The van der Waals surface area contributed by atoms with Gasteiger partial charge >= 0.3 is 0 Å². The van der Waals surface area contributed by atoms with Crippen LogP contribution in [-0.4, -0.2) is 15.5 Å². The third kappa shape index (κ3) is 3.91. The van der Waals surface area contributed by atoms with E-state index in [1.165, 1.54) is 0 Å². The fourth-order valence-electron chi connectivity index (χ4n) is 2.19. The Balaban J connectivity index is 2.28.